The normalized spacial score (nSPS) is 23.1. The molecule has 0 heterocycles. The molecule has 0 radical (unpaired) electrons. The van der Waals surface area contributed by atoms with Crippen molar-refractivity contribution in [1.29, 1.82) is 0 Å². The molecule has 1 aliphatic rings. The number of hydrogen-bond acceptors (Lipinski definition) is 0. The van der Waals surface area contributed by atoms with Crippen molar-refractivity contribution in [2.75, 3.05) is 13.3 Å². The van der Waals surface area contributed by atoms with E-state index >= 15 is 0 Å². The Hall–Kier alpha value is 0.910. The highest BCUT2D eigenvalue weighted by molar-refractivity contribution is 9.42. The second-order valence-electron chi connectivity index (χ2n) is 3.69. The fourth-order valence-electron chi connectivity index (χ4n) is 1.70. The van der Waals surface area contributed by atoms with Gasteiger partial charge in [-0.1, -0.05) is 6.42 Å². The maximum atomic E-state index is 3.85. The lowest BCUT2D eigenvalue weighted by Gasteiger charge is -2.25. The van der Waals surface area contributed by atoms with Crippen LogP contribution in [0.1, 0.15) is 32.1 Å². The first-order valence-electron chi connectivity index (χ1n) is 4.14. The quantitative estimate of drug-likeness (QED) is 0.592. The molecule has 0 unspecified atom stereocenters. The predicted octanol–water partition coefficient (Wildman–Crippen LogP) is 3.91. The van der Waals surface area contributed by atoms with Gasteiger partial charge in [-0.3, -0.25) is 0 Å². The SMILES string of the molecule is C[P+](C)(Br)C1CCCCC1. The van der Waals surface area contributed by atoms with Crippen LogP contribution in [-0.4, -0.2) is 19.0 Å². The predicted molar refractivity (Wildman–Crippen MR) is 54.6 cm³/mol. The molecule has 0 nitrogen and oxygen atoms in total. The molecule has 0 spiro atoms. The third-order valence-electron chi connectivity index (χ3n) is 2.44. The Kier molecular flexibility index (Phi) is 3.19. The van der Waals surface area contributed by atoms with Crippen LogP contribution in [0.4, 0.5) is 0 Å². The lowest BCUT2D eigenvalue weighted by Crippen LogP contribution is -2.12. The summed E-state index contributed by atoms with van der Waals surface area (Å²) in [6, 6.07) is 0. The summed E-state index contributed by atoms with van der Waals surface area (Å²) >= 11 is 3.85. The summed E-state index contributed by atoms with van der Waals surface area (Å²) in [6.45, 7) is 4.81. The summed E-state index contributed by atoms with van der Waals surface area (Å²) in [7, 11) is 0. The molecule has 0 atom stereocenters. The smallest absolute Gasteiger partial charge is 0.0530 e. The fourth-order valence-corrected chi connectivity index (χ4v) is 4.52. The van der Waals surface area contributed by atoms with Crippen LogP contribution in [0.15, 0.2) is 0 Å². The van der Waals surface area contributed by atoms with Gasteiger partial charge in [0.05, 0.1) is 25.0 Å². The van der Waals surface area contributed by atoms with Crippen molar-refractivity contribution in [3.05, 3.63) is 0 Å². The van der Waals surface area contributed by atoms with Crippen LogP contribution in [-0.2, 0) is 0 Å². The Balaban J connectivity index is 2.39. The topological polar surface area (TPSA) is 0 Å². The highest BCUT2D eigenvalue weighted by atomic mass is 79.9. The Bertz CT molecular complexity index is 100. The van der Waals surface area contributed by atoms with Crippen LogP contribution >= 0.6 is 21.5 Å². The molecule has 0 amide bonds. The number of hydrogen-bond donors (Lipinski definition) is 0. The third kappa shape index (κ3) is 2.51. The third-order valence-corrected chi connectivity index (χ3v) is 6.43. The van der Waals surface area contributed by atoms with Gasteiger partial charge < -0.3 is 0 Å². The molecule has 0 bridgehead atoms. The van der Waals surface area contributed by atoms with Crippen LogP contribution in [0.5, 0.6) is 0 Å². The maximum Gasteiger partial charge on any atom is 0.138 e. The van der Waals surface area contributed by atoms with E-state index in [0.29, 0.717) is 0 Å². The lowest BCUT2D eigenvalue weighted by atomic mass is 10.0. The molecule has 1 rings (SSSR count). The first-order chi connectivity index (χ1) is 4.61. The van der Waals surface area contributed by atoms with E-state index in [4.69, 9.17) is 0 Å². The molecular formula is C8H17BrP+. The number of rotatable bonds is 1. The lowest BCUT2D eigenvalue weighted by molar-refractivity contribution is 0.511. The van der Waals surface area contributed by atoms with Gasteiger partial charge in [0.15, 0.2) is 0 Å². The van der Waals surface area contributed by atoms with Crippen LogP contribution in [0.2, 0.25) is 0 Å². The second kappa shape index (κ2) is 3.54. The van der Waals surface area contributed by atoms with Gasteiger partial charge >= 0.3 is 0 Å². The fraction of sp³-hybridized carbons (Fsp3) is 1.00. The van der Waals surface area contributed by atoms with E-state index < -0.39 is 5.96 Å². The number of halogens is 1. The van der Waals surface area contributed by atoms with Crippen LogP contribution in [0.3, 0.4) is 0 Å². The summed E-state index contributed by atoms with van der Waals surface area (Å²) < 4.78 is 0. The van der Waals surface area contributed by atoms with Crippen molar-refractivity contribution in [3.8, 4) is 0 Å². The van der Waals surface area contributed by atoms with Gasteiger partial charge in [-0.05, 0) is 25.7 Å². The molecule has 0 aromatic heterocycles. The largest absolute Gasteiger partial charge is 0.138 e. The van der Waals surface area contributed by atoms with Crippen molar-refractivity contribution < 1.29 is 0 Å². The summed E-state index contributed by atoms with van der Waals surface area (Å²) in [4.78, 5) is 0. The maximum absolute atomic E-state index is 3.85. The molecule has 60 valence electrons. The Morgan fingerprint density at radius 3 is 1.90 bits per heavy atom. The van der Waals surface area contributed by atoms with E-state index in [9.17, 15) is 0 Å². The van der Waals surface area contributed by atoms with E-state index in [2.05, 4.69) is 28.8 Å². The van der Waals surface area contributed by atoms with E-state index in [0.717, 1.165) is 5.66 Å². The monoisotopic (exact) mass is 223 g/mol. The van der Waals surface area contributed by atoms with Crippen molar-refractivity contribution in [3.63, 3.8) is 0 Å². The molecule has 1 fully saturated rings. The molecule has 1 saturated carbocycles. The van der Waals surface area contributed by atoms with Crippen molar-refractivity contribution >= 4 is 21.5 Å². The average molecular weight is 224 g/mol. The molecule has 2 heteroatoms. The Morgan fingerprint density at radius 2 is 1.60 bits per heavy atom. The van der Waals surface area contributed by atoms with E-state index in [1.807, 2.05) is 0 Å². The van der Waals surface area contributed by atoms with Crippen LogP contribution in [0.25, 0.3) is 0 Å². The molecule has 0 aromatic rings. The summed E-state index contributed by atoms with van der Waals surface area (Å²) in [5.41, 5.74) is 1.03. The van der Waals surface area contributed by atoms with Gasteiger partial charge in [0.1, 0.15) is 15.5 Å². The summed E-state index contributed by atoms with van der Waals surface area (Å²) in [5, 5.41) is 0. The van der Waals surface area contributed by atoms with Gasteiger partial charge in [0.2, 0.25) is 0 Å². The Morgan fingerprint density at radius 1 is 1.10 bits per heavy atom. The average Bonchev–Trinajstić information content (AvgIpc) is 1.88. The molecule has 10 heavy (non-hydrogen) atoms. The van der Waals surface area contributed by atoms with Crippen LogP contribution in [0, 0.1) is 0 Å². The minimum atomic E-state index is -0.679. The summed E-state index contributed by atoms with van der Waals surface area (Å²) in [5.74, 6) is -0.679. The van der Waals surface area contributed by atoms with E-state index in [-0.39, 0.29) is 0 Å². The molecular weight excluding hydrogens is 207 g/mol. The molecule has 1 aliphatic carbocycles. The highest BCUT2D eigenvalue weighted by Crippen LogP contribution is 2.66. The highest BCUT2D eigenvalue weighted by Gasteiger charge is 2.34. The minimum absolute atomic E-state index is 0.679. The standard InChI is InChI=1S/C8H17BrP/c1-10(2,9)8-6-4-3-5-7-8/h8H,3-7H2,1-2H3/q+1. The van der Waals surface area contributed by atoms with Gasteiger partial charge in [-0.25, -0.2) is 0 Å². The van der Waals surface area contributed by atoms with Gasteiger partial charge in [0.25, 0.3) is 0 Å². The first-order valence-corrected chi connectivity index (χ1v) is 8.91. The molecule has 0 saturated heterocycles. The van der Waals surface area contributed by atoms with Crippen LogP contribution < -0.4 is 0 Å². The minimum Gasteiger partial charge on any atom is -0.0530 e. The van der Waals surface area contributed by atoms with Crippen molar-refractivity contribution in [2.45, 2.75) is 37.8 Å². The molecule has 0 aromatic carbocycles. The zero-order valence-electron chi connectivity index (χ0n) is 6.94. The zero-order chi connectivity index (χ0) is 7.61. The van der Waals surface area contributed by atoms with Crippen molar-refractivity contribution in [2.24, 2.45) is 0 Å². The summed E-state index contributed by atoms with van der Waals surface area (Å²) in [6.07, 6.45) is 7.38. The Labute approximate surface area is 72.9 Å². The van der Waals surface area contributed by atoms with Gasteiger partial charge in [0, 0.05) is 0 Å². The van der Waals surface area contributed by atoms with Gasteiger partial charge in [-0.15, -0.1) is 0 Å². The second-order valence-corrected chi connectivity index (χ2v) is 12.7. The first kappa shape index (κ1) is 9.00. The van der Waals surface area contributed by atoms with E-state index in [1.165, 1.54) is 32.1 Å². The van der Waals surface area contributed by atoms with E-state index in [1.54, 1.807) is 0 Å². The zero-order valence-corrected chi connectivity index (χ0v) is 9.42. The molecule has 0 N–H and O–H groups in total. The molecule has 0 aliphatic heterocycles. The van der Waals surface area contributed by atoms with Gasteiger partial charge in [-0.2, -0.15) is 0 Å². The van der Waals surface area contributed by atoms with Crippen molar-refractivity contribution in [1.82, 2.24) is 0 Å².